The summed E-state index contributed by atoms with van der Waals surface area (Å²) in [5.74, 6) is 0. The lowest BCUT2D eigenvalue weighted by molar-refractivity contribution is -0.0440. The molecule has 1 aliphatic heterocycles. The van der Waals surface area contributed by atoms with Crippen LogP contribution in [-0.2, 0) is 25.0 Å². The second-order valence-electron chi connectivity index (χ2n) is 4.99. The lowest BCUT2D eigenvalue weighted by Gasteiger charge is -2.34. The molecule has 0 saturated carbocycles. The lowest BCUT2D eigenvalue weighted by Crippen LogP contribution is -2.48. The molecule has 0 spiro atoms. The minimum atomic E-state index is -4.84. The topological polar surface area (TPSA) is 80.8 Å². The number of hydrogen-bond acceptors (Lipinski definition) is 5. The summed E-state index contributed by atoms with van der Waals surface area (Å²) in [6.45, 7) is 3.99. The first-order valence-electron chi connectivity index (χ1n) is 6.31. The molecule has 1 heterocycles. The van der Waals surface area contributed by atoms with Crippen LogP contribution in [0, 0.1) is 0 Å². The SMILES string of the molecule is C[C@@H]1CN(S(=O)(=O)c2ccc(S(=O)(=O)F)cc2)C[C@H](C)O1. The number of hydrogen-bond donors (Lipinski definition) is 0. The molecule has 0 radical (unpaired) electrons. The van der Waals surface area contributed by atoms with Crippen molar-refractivity contribution in [2.45, 2.75) is 35.8 Å². The van der Waals surface area contributed by atoms with Gasteiger partial charge in [0.1, 0.15) is 0 Å². The van der Waals surface area contributed by atoms with Crippen molar-refractivity contribution in [3.63, 3.8) is 0 Å². The van der Waals surface area contributed by atoms with Crippen molar-refractivity contribution >= 4 is 20.2 Å². The maximum Gasteiger partial charge on any atom is 0.332 e. The van der Waals surface area contributed by atoms with Gasteiger partial charge in [0.2, 0.25) is 10.0 Å². The Morgan fingerprint density at radius 1 is 1.00 bits per heavy atom. The first-order chi connectivity index (χ1) is 9.60. The van der Waals surface area contributed by atoms with E-state index in [0.29, 0.717) is 0 Å². The third kappa shape index (κ3) is 3.60. The van der Waals surface area contributed by atoms with E-state index >= 15 is 0 Å². The third-order valence-electron chi connectivity index (χ3n) is 3.13. The molecule has 0 aromatic heterocycles. The highest BCUT2D eigenvalue weighted by Gasteiger charge is 2.32. The fourth-order valence-corrected chi connectivity index (χ4v) is 4.30. The first-order valence-corrected chi connectivity index (χ1v) is 9.13. The molecule has 0 amide bonds. The van der Waals surface area contributed by atoms with E-state index in [0.717, 1.165) is 24.3 Å². The fraction of sp³-hybridized carbons (Fsp3) is 0.500. The Bertz CT molecular complexity index is 705. The molecule has 0 aliphatic carbocycles. The Morgan fingerprint density at radius 2 is 1.43 bits per heavy atom. The van der Waals surface area contributed by atoms with E-state index in [-0.39, 0.29) is 30.2 Å². The van der Waals surface area contributed by atoms with Gasteiger partial charge >= 0.3 is 10.2 Å². The molecular weight excluding hydrogens is 321 g/mol. The monoisotopic (exact) mass is 337 g/mol. The molecule has 1 aromatic carbocycles. The van der Waals surface area contributed by atoms with Gasteiger partial charge in [-0.05, 0) is 38.1 Å². The van der Waals surface area contributed by atoms with Crippen LogP contribution in [0.1, 0.15) is 13.8 Å². The van der Waals surface area contributed by atoms with E-state index in [1.54, 1.807) is 13.8 Å². The van der Waals surface area contributed by atoms with Crippen LogP contribution in [0.4, 0.5) is 3.89 Å². The van der Waals surface area contributed by atoms with E-state index in [1.165, 1.54) is 4.31 Å². The van der Waals surface area contributed by atoms with Crippen molar-refractivity contribution in [1.29, 1.82) is 0 Å². The Hall–Kier alpha value is -1.03. The van der Waals surface area contributed by atoms with Gasteiger partial charge in [0.05, 0.1) is 22.0 Å². The maximum absolute atomic E-state index is 12.8. The third-order valence-corrected chi connectivity index (χ3v) is 5.81. The van der Waals surface area contributed by atoms with Crippen molar-refractivity contribution in [1.82, 2.24) is 4.31 Å². The number of benzene rings is 1. The molecule has 2 rings (SSSR count). The summed E-state index contributed by atoms with van der Waals surface area (Å²) in [6.07, 6.45) is -0.456. The molecule has 1 aromatic rings. The molecule has 2 atom stereocenters. The fourth-order valence-electron chi connectivity index (χ4n) is 2.25. The van der Waals surface area contributed by atoms with Crippen LogP contribution in [0.5, 0.6) is 0 Å². The van der Waals surface area contributed by atoms with Crippen molar-refractivity contribution in [2.75, 3.05) is 13.1 Å². The van der Waals surface area contributed by atoms with E-state index in [2.05, 4.69) is 0 Å². The van der Waals surface area contributed by atoms with Gasteiger partial charge in [0, 0.05) is 13.1 Å². The first kappa shape index (κ1) is 16.3. The highest BCUT2D eigenvalue weighted by molar-refractivity contribution is 7.89. The highest BCUT2D eigenvalue weighted by atomic mass is 32.3. The molecule has 1 fully saturated rings. The van der Waals surface area contributed by atoms with Gasteiger partial charge in [-0.2, -0.15) is 12.7 Å². The average Bonchev–Trinajstić information content (AvgIpc) is 2.36. The number of sulfonamides is 1. The van der Waals surface area contributed by atoms with Gasteiger partial charge in [-0.15, -0.1) is 3.89 Å². The van der Waals surface area contributed by atoms with E-state index in [4.69, 9.17) is 4.74 Å². The smallest absolute Gasteiger partial charge is 0.332 e. The van der Waals surface area contributed by atoms with Crippen molar-refractivity contribution in [3.05, 3.63) is 24.3 Å². The van der Waals surface area contributed by atoms with Crippen LogP contribution < -0.4 is 0 Å². The van der Waals surface area contributed by atoms with Gasteiger partial charge in [0.25, 0.3) is 0 Å². The van der Waals surface area contributed by atoms with Gasteiger partial charge in [-0.3, -0.25) is 0 Å². The summed E-state index contributed by atoms with van der Waals surface area (Å²) in [5, 5.41) is 0. The van der Waals surface area contributed by atoms with Crippen LogP contribution >= 0.6 is 0 Å². The number of halogens is 1. The average molecular weight is 337 g/mol. The second kappa shape index (κ2) is 5.64. The number of morpholine rings is 1. The van der Waals surface area contributed by atoms with Gasteiger partial charge in [-0.1, -0.05) is 0 Å². The van der Waals surface area contributed by atoms with Crippen LogP contribution in [0.2, 0.25) is 0 Å². The number of nitrogens with zero attached hydrogens (tertiary/aromatic N) is 1. The van der Waals surface area contributed by atoms with Crippen molar-refractivity contribution < 1.29 is 25.5 Å². The minimum absolute atomic E-state index is 0.0730. The van der Waals surface area contributed by atoms with Crippen molar-refractivity contribution in [2.24, 2.45) is 0 Å². The zero-order chi connectivity index (χ0) is 15.8. The van der Waals surface area contributed by atoms with Gasteiger partial charge in [0.15, 0.2) is 0 Å². The molecule has 6 nitrogen and oxygen atoms in total. The summed E-state index contributed by atoms with van der Waals surface area (Å²) in [6, 6.07) is 4.06. The Morgan fingerprint density at radius 3 is 1.86 bits per heavy atom. The summed E-state index contributed by atoms with van der Waals surface area (Å²) in [5.41, 5.74) is 0. The molecular formula is C12H16FNO5S2. The van der Waals surface area contributed by atoms with Gasteiger partial charge < -0.3 is 4.74 Å². The van der Waals surface area contributed by atoms with Crippen molar-refractivity contribution in [3.8, 4) is 0 Å². The van der Waals surface area contributed by atoms with E-state index in [9.17, 15) is 20.7 Å². The van der Waals surface area contributed by atoms with E-state index in [1.807, 2.05) is 0 Å². The summed E-state index contributed by atoms with van der Waals surface area (Å²) >= 11 is 0. The van der Waals surface area contributed by atoms with Crippen LogP contribution in [-0.4, -0.2) is 46.4 Å². The standard InChI is InChI=1S/C12H16FNO5S2/c1-9-7-14(8-10(2)19-9)21(17,18)12-5-3-11(4-6-12)20(13,15)16/h3-6,9-10H,7-8H2,1-2H3/t9-,10+. The van der Waals surface area contributed by atoms with E-state index < -0.39 is 25.1 Å². The Labute approximate surface area is 123 Å². The highest BCUT2D eigenvalue weighted by Crippen LogP contribution is 2.22. The summed E-state index contributed by atoms with van der Waals surface area (Å²) < 4.78 is 66.0. The zero-order valence-corrected chi connectivity index (χ0v) is 13.2. The quantitative estimate of drug-likeness (QED) is 0.773. The van der Waals surface area contributed by atoms with Gasteiger partial charge in [-0.25, -0.2) is 8.42 Å². The molecule has 0 N–H and O–H groups in total. The largest absolute Gasteiger partial charge is 0.373 e. The summed E-state index contributed by atoms with van der Waals surface area (Å²) in [7, 11) is -8.59. The van der Waals surface area contributed by atoms with Crippen LogP contribution in [0.25, 0.3) is 0 Å². The van der Waals surface area contributed by atoms with Crippen LogP contribution in [0.15, 0.2) is 34.1 Å². The molecule has 118 valence electrons. The second-order valence-corrected chi connectivity index (χ2v) is 8.27. The predicted molar refractivity (Wildman–Crippen MR) is 73.5 cm³/mol. The Kier molecular flexibility index (Phi) is 4.39. The molecule has 9 heteroatoms. The normalized spacial score (nSPS) is 24.9. The molecule has 1 saturated heterocycles. The minimum Gasteiger partial charge on any atom is -0.373 e. The number of rotatable bonds is 3. The zero-order valence-electron chi connectivity index (χ0n) is 11.6. The van der Waals surface area contributed by atoms with Crippen LogP contribution in [0.3, 0.4) is 0 Å². The summed E-state index contributed by atoms with van der Waals surface area (Å²) in [4.78, 5) is -0.638. The molecule has 21 heavy (non-hydrogen) atoms. The maximum atomic E-state index is 12.8. The molecule has 0 unspecified atom stereocenters. The molecule has 0 bridgehead atoms. The molecule has 1 aliphatic rings. The predicted octanol–water partition coefficient (Wildman–Crippen LogP) is 1.14. The Balaban J connectivity index is 2.31. The number of ether oxygens (including phenoxy) is 1. The lowest BCUT2D eigenvalue weighted by atomic mass is 10.3.